The maximum atomic E-state index is 10.7. The molecule has 0 radical (unpaired) electrons. The van der Waals surface area contributed by atoms with E-state index in [2.05, 4.69) is 16.0 Å². The summed E-state index contributed by atoms with van der Waals surface area (Å²) in [6, 6.07) is -0.504. The number of carboxylic acids is 1. The number of aliphatic carboxylic acids is 1. The fourth-order valence-electron chi connectivity index (χ4n) is 1.03. The maximum Gasteiger partial charge on any atom is 0.321 e. The largest absolute Gasteiger partial charge is 0.480 e. The molecule has 5 N–H and O–H groups in total. The van der Waals surface area contributed by atoms with Crippen molar-refractivity contribution < 1.29 is 19.5 Å². The second-order valence-electron chi connectivity index (χ2n) is 3.22. The number of carbonyl (C=O) groups excluding carboxylic acids is 2. The molecule has 0 fully saturated rings. The van der Waals surface area contributed by atoms with Crippen LogP contribution in [0.3, 0.4) is 0 Å². The molecule has 0 aromatic carbocycles. The van der Waals surface area contributed by atoms with Gasteiger partial charge in [-0.15, -0.1) is 0 Å². The van der Waals surface area contributed by atoms with Crippen molar-refractivity contribution in [3.8, 4) is 0 Å². The predicted octanol–water partition coefficient (Wildman–Crippen LogP) is -1.56. The Balaban J connectivity index is 3.10. The summed E-state index contributed by atoms with van der Waals surface area (Å²) in [5, 5.41) is 18.5. The first-order valence-electron chi connectivity index (χ1n) is 5.28. The minimum atomic E-state index is -0.891. The summed E-state index contributed by atoms with van der Waals surface area (Å²) in [7, 11) is 0. The molecular formula is C9H18N4O4. The molecule has 8 heteroatoms. The number of hydrogen-bond acceptors (Lipinski definition) is 5. The molecule has 0 aromatic heterocycles. The number of unbranched alkanes of at least 4 members (excludes halogenated alkanes) is 1. The quantitative estimate of drug-likeness (QED) is 0.181. The second-order valence-corrected chi connectivity index (χ2v) is 3.22. The molecule has 17 heavy (non-hydrogen) atoms. The van der Waals surface area contributed by atoms with Gasteiger partial charge >= 0.3 is 12.0 Å². The summed E-state index contributed by atoms with van der Waals surface area (Å²) in [5.74, 6) is -0.891. The van der Waals surface area contributed by atoms with Crippen molar-refractivity contribution in [2.45, 2.75) is 12.8 Å². The Morgan fingerprint density at radius 2 is 1.82 bits per heavy atom. The number of urea groups is 1. The second kappa shape index (κ2) is 10.8. The van der Waals surface area contributed by atoms with Gasteiger partial charge in [-0.3, -0.25) is 20.2 Å². The zero-order valence-electron chi connectivity index (χ0n) is 9.49. The average molecular weight is 246 g/mol. The maximum absolute atomic E-state index is 10.7. The minimum absolute atomic E-state index is 0.0690. The molecule has 0 saturated carbocycles. The van der Waals surface area contributed by atoms with E-state index in [0.29, 0.717) is 19.6 Å². The lowest BCUT2D eigenvalue weighted by Gasteiger charge is -2.05. The fraction of sp³-hybridized carbons (Fsp3) is 0.667. The molecule has 98 valence electrons. The Morgan fingerprint density at radius 1 is 1.12 bits per heavy atom. The van der Waals surface area contributed by atoms with Crippen LogP contribution in [0.2, 0.25) is 0 Å². The van der Waals surface area contributed by atoms with Crippen LogP contribution in [0.5, 0.6) is 0 Å². The molecular weight excluding hydrogens is 228 g/mol. The van der Waals surface area contributed by atoms with Crippen LogP contribution < -0.4 is 21.3 Å². The van der Waals surface area contributed by atoms with Crippen LogP contribution in [-0.4, -0.2) is 49.8 Å². The zero-order valence-corrected chi connectivity index (χ0v) is 9.49. The number of hydrogen-bond donors (Lipinski definition) is 5. The Morgan fingerprint density at radius 3 is 2.47 bits per heavy atom. The van der Waals surface area contributed by atoms with Crippen molar-refractivity contribution in [3.05, 3.63) is 0 Å². The Bertz CT molecular complexity index is 247. The highest BCUT2D eigenvalue weighted by Gasteiger charge is 1.96. The van der Waals surface area contributed by atoms with Crippen molar-refractivity contribution in [3.63, 3.8) is 0 Å². The normalized spacial score (nSPS) is 9.65. The summed E-state index contributed by atoms with van der Waals surface area (Å²) in [6.07, 6.45) is 1.94. The molecule has 0 atom stereocenters. The third-order valence-corrected chi connectivity index (χ3v) is 1.78. The van der Waals surface area contributed by atoms with Gasteiger partial charge in [0.15, 0.2) is 0 Å². The van der Waals surface area contributed by atoms with Crippen LogP contribution in [0.1, 0.15) is 12.8 Å². The van der Waals surface area contributed by atoms with E-state index in [1.165, 1.54) is 0 Å². The molecule has 0 aliphatic rings. The lowest BCUT2D eigenvalue weighted by molar-refractivity contribution is -0.136. The summed E-state index contributed by atoms with van der Waals surface area (Å²) >= 11 is 0. The molecule has 0 heterocycles. The van der Waals surface area contributed by atoms with Gasteiger partial charge < -0.3 is 15.7 Å². The Kier molecular flexibility index (Phi) is 9.77. The highest BCUT2D eigenvalue weighted by Crippen LogP contribution is 1.83. The number of rotatable bonds is 10. The van der Waals surface area contributed by atoms with E-state index in [9.17, 15) is 14.4 Å². The van der Waals surface area contributed by atoms with E-state index in [1.54, 1.807) is 0 Å². The molecule has 0 spiro atoms. The van der Waals surface area contributed by atoms with E-state index in [1.807, 2.05) is 5.32 Å². The smallest absolute Gasteiger partial charge is 0.321 e. The monoisotopic (exact) mass is 246 g/mol. The van der Waals surface area contributed by atoms with Gasteiger partial charge in [0, 0.05) is 13.2 Å². The van der Waals surface area contributed by atoms with E-state index in [-0.39, 0.29) is 6.54 Å². The van der Waals surface area contributed by atoms with Crippen LogP contribution in [0, 0.1) is 0 Å². The first-order valence-corrected chi connectivity index (χ1v) is 5.28. The van der Waals surface area contributed by atoms with Gasteiger partial charge in [-0.25, -0.2) is 4.79 Å². The van der Waals surface area contributed by atoms with E-state index in [0.717, 1.165) is 19.4 Å². The fourth-order valence-corrected chi connectivity index (χ4v) is 1.03. The summed E-state index contributed by atoms with van der Waals surface area (Å²) < 4.78 is 0. The zero-order chi connectivity index (χ0) is 12.9. The SMILES string of the molecule is O=CNC(=O)NCCCCNCNCC(=O)O. The number of carboxylic acid groups (broad SMARTS) is 1. The predicted molar refractivity (Wildman–Crippen MR) is 60.3 cm³/mol. The number of imide groups is 1. The third-order valence-electron chi connectivity index (χ3n) is 1.78. The molecule has 0 aliphatic carbocycles. The molecule has 0 unspecified atom stereocenters. The summed E-state index contributed by atoms with van der Waals surface area (Å²) in [6.45, 7) is 1.58. The molecule has 0 aromatic rings. The standard InChI is InChI=1S/C9H18N4O4/c14-7-13-9(17)12-4-2-1-3-10-6-11-5-8(15)16/h7,10-11H,1-6H2,(H,15,16)(H2,12,13,14,17). The van der Waals surface area contributed by atoms with Crippen LogP contribution in [0.15, 0.2) is 0 Å². The number of amides is 3. The van der Waals surface area contributed by atoms with Crippen molar-refractivity contribution in [2.75, 3.05) is 26.3 Å². The first kappa shape index (κ1) is 15.3. The number of carbonyl (C=O) groups is 3. The Labute approximate surface area is 99.1 Å². The van der Waals surface area contributed by atoms with Gasteiger partial charge in [0.25, 0.3) is 0 Å². The van der Waals surface area contributed by atoms with Gasteiger partial charge in [0.2, 0.25) is 6.41 Å². The van der Waals surface area contributed by atoms with Gasteiger partial charge in [-0.2, -0.15) is 0 Å². The van der Waals surface area contributed by atoms with Crippen LogP contribution in [0.25, 0.3) is 0 Å². The minimum Gasteiger partial charge on any atom is -0.480 e. The van der Waals surface area contributed by atoms with Crippen LogP contribution >= 0.6 is 0 Å². The average Bonchev–Trinajstić information content (AvgIpc) is 2.27. The van der Waals surface area contributed by atoms with Crippen LogP contribution in [0.4, 0.5) is 4.79 Å². The van der Waals surface area contributed by atoms with Crippen LogP contribution in [-0.2, 0) is 9.59 Å². The highest BCUT2D eigenvalue weighted by atomic mass is 16.4. The number of nitrogens with one attached hydrogen (secondary N) is 4. The Hall–Kier alpha value is -1.67. The molecule has 3 amide bonds. The van der Waals surface area contributed by atoms with Crippen molar-refractivity contribution in [2.24, 2.45) is 0 Å². The van der Waals surface area contributed by atoms with Crippen molar-refractivity contribution in [1.82, 2.24) is 21.3 Å². The third kappa shape index (κ3) is 12.3. The summed E-state index contributed by atoms with van der Waals surface area (Å²) in [5.41, 5.74) is 0. The lowest BCUT2D eigenvalue weighted by atomic mass is 10.3. The van der Waals surface area contributed by atoms with E-state index in [4.69, 9.17) is 5.11 Å². The van der Waals surface area contributed by atoms with Crippen molar-refractivity contribution >= 4 is 18.4 Å². The molecule has 0 rings (SSSR count). The molecule has 8 nitrogen and oxygen atoms in total. The first-order chi connectivity index (χ1) is 8.16. The topological polar surface area (TPSA) is 120 Å². The molecule has 0 bridgehead atoms. The summed E-state index contributed by atoms with van der Waals surface area (Å²) in [4.78, 5) is 30.7. The lowest BCUT2D eigenvalue weighted by Crippen LogP contribution is -2.35. The highest BCUT2D eigenvalue weighted by molar-refractivity contribution is 5.84. The van der Waals surface area contributed by atoms with Gasteiger partial charge in [0.05, 0.1) is 6.54 Å². The van der Waals surface area contributed by atoms with Crippen molar-refractivity contribution in [1.29, 1.82) is 0 Å². The van der Waals surface area contributed by atoms with Gasteiger partial charge in [-0.05, 0) is 19.4 Å². The van der Waals surface area contributed by atoms with E-state index >= 15 is 0 Å². The molecule has 0 saturated heterocycles. The van der Waals surface area contributed by atoms with E-state index < -0.39 is 12.0 Å². The van der Waals surface area contributed by atoms with Gasteiger partial charge in [0.1, 0.15) is 0 Å². The molecule has 0 aliphatic heterocycles. The van der Waals surface area contributed by atoms with Gasteiger partial charge in [-0.1, -0.05) is 0 Å².